The molecule has 1 heterocycles. The molecule has 28 heavy (non-hydrogen) atoms. The molecule has 3 aromatic rings. The Morgan fingerprint density at radius 1 is 0.964 bits per heavy atom. The maximum absolute atomic E-state index is 12.7. The highest BCUT2D eigenvalue weighted by Crippen LogP contribution is 2.19. The van der Waals surface area contributed by atoms with Gasteiger partial charge in [0.25, 0.3) is 5.91 Å². The maximum Gasteiger partial charge on any atom is 0.256 e. The second-order valence-corrected chi connectivity index (χ2v) is 7.99. The first-order valence-electron chi connectivity index (χ1n) is 9.19. The minimum atomic E-state index is -0.114. The second-order valence-electron chi connectivity index (χ2n) is 6.96. The van der Waals surface area contributed by atoms with Crippen LogP contribution >= 0.6 is 11.3 Å². The van der Waals surface area contributed by atoms with Crippen molar-refractivity contribution in [3.63, 3.8) is 0 Å². The van der Waals surface area contributed by atoms with Gasteiger partial charge in [-0.05, 0) is 61.0 Å². The summed E-state index contributed by atoms with van der Waals surface area (Å²) in [6, 6.07) is 15.4. The van der Waals surface area contributed by atoms with Crippen LogP contribution in [0.25, 0.3) is 0 Å². The van der Waals surface area contributed by atoms with E-state index in [4.69, 9.17) is 0 Å². The van der Waals surface area contributed by atoms with Gasteiger partial charge in [0.1, 0.15) is 0 Å². The van der Waals surface area contributed by atoms with Gasteiger partial charge in [-0.25, -0.2) is 0 Å². The van der Waals surface area contributed by atoms with Gasteiger partial charge in [-0.1, -0.05) is 35.9 Å². The number of hydrogen-bond acceptors (Lipinski definition) is 3. The molecule has 0 saturated carbocycles. The lowest BCUT2D eigenvalue weighted by molar-refractivity contribution is -0.120. The number of carbonyl (C=O) groups is 2. The van der Waals surface area contributed by atoms with Gasteiger partial charge in [0.2, 0.25) is 5.91 Å². The van der Waals surface area contributed by atoms with E-state index in [1.54, 1.807) is 11.3 Å². The Morgan fingerprint density at radius 3 is 2.25 bits per heavy atom. The van der Waals surface area contributed by atoms with Crippen LogP contribution in [-0.2, 0) is 17.8 Å². The highest BCUT2D eigenvalue weighted by atomic mass is 32.1. The van der Waals surface area contributed by atoms with Crippen LogP contribution in [-0.4, -0.2) is 11.8 Å². The number of aryl methyl sites for hydroxylation is 3. The van der Waals surface area contributed by atoms with E-state index in [0.29, 0.717) is 24.2 Å². The third-order valence-electron chi connectivity index (χ3n) is 4.52. The van der Waals surface area contributed by atoms with Gasteiger partial charge < -0.3 is 10.6 Å². The van der Waals surface area contributed by atoms with Crippen LogP contribution in [0.4, 0.5) is 5.69 Å². The summed E-state index contributed by atoms with van der Waals surface area (Å²) in [7, 11) is 0. The van der Waals surface area contributed by atoms with Crippen LogP contribution in [0.3, 0.4) is 0 Å². The smallest absolute Gasteiger partial charge is 0.256 e. The summed E-state index contributed by atoms with van der Waals surface area (Å²) in [5.41, 5.74) is 5.41. The Bertz CT molecular complexity index is 953. The van der Waals surface area contributed by atoms with Crippen molar-refractivity contribution in [1.29, 1.82) is 0 Å². The predicted molar refractivity (Wildman–Crippen MR) is 115 cm³/mol. The molecule has 2 aromatic carbocycles. The molecular formula is C23H24N2O2S. The first-order chi connectivity index (χ1) is 13.4. The van der Waals surface area contributed by atoms with Crippen molar-refractivity contribution in [2.45, 2.75) is 33.7 Å². The average Bonchev–Trinajstić information content (AvgIpc) is 3.14. The summed E-state index contributed by atoms with van der Waals surface area (Å²) in [5, 5.41) is 7.86. The predicted octanol–water partition coefficient (Wildman–Crippen LogP) is 4.78. The molecule has 0 bridgehead atoms. The molecule has 0 saturated heterocycles. The van der Waals surface area contributed by atoms with E-state index in [2.05, 4.69) is 10.6 Å². The van der Waals surface area contributed by atoms with Crippen LogP contribution in [0, 0.1) is 20.8 Å². The number of hydrogen-bond donors (Lipinski definition) is 2. The van der Waals surface area contributed by atoms with Crippen molar-refractivity contribution < 1.29 is 9.59 Å². The van der Waals surface area contributed by atoms with Crippen molar-refractivity contribution in [2.24, 2.45) is 0 Å². The Labute approximate surface area is 169 Å². The van der Waals surface area contributed by atoms with Crippen molar-refractivity contribution in [2.75, 3.05) is 5.32 Å². The Kier molecular flexibility index (Phi) is 6.26. The van der Waals surface area contributed by atoms with Gasteiger partial charge in [-0.3, -0.25) is 9.59 Å². The van der Waals surface area contributed by atoms with Gasteiger partial charge in [-0.15, -0.1) is 11.3 Å². The number of carbonyl (C=O) groups excluding carboxylic acids is 2. The number of nitrogens with one attached hydrogen (secondary N) is 2. The molecular weight excluding hydrogens is 368 g/mol. The number of benzene rings is 2. The molecule has 0 radical (unpaired) electrons. The zero-order valence-corrected chi connectivity index (χ0v) is 17.2. The van der Waals surface area contributed by atoms with E-state index in [1.165, 1.54) is 0 Å². The van der Waals surface area contributed by atoms with Crippen LogP contribution in [0.2, 0.25) is 0 Å². The van der Waals surface area contributed by atoms with Crippen molar-refractivity contribution in [3.8, 4) is 0 Å². The fourth-order valence-electron chi connectivity index (χ4n) is 3.28. The van der Waals surface area contributed by atoms with Crippen molar-refractivity contribution >= 4 is 28.8 Å². The molecule has 144 valence electrons. The van der Waals surface area contributed by atoms with Crippen LogP contribution in [0.1, 0.15) is 37.5 Å². The van der Waals surface area contributed by atoms with Crippen molar-refractivity contribution in [3.05, 3.63) is 86.6 Å². The SMILES string of the molecule is Cc1cc(C)c(C(=O)Nc2ccc(CC(=O)NCc3cccs3)cc2)c(C)c1. The number of thiophene rings is 1. The Hall–Kier alpha value is -2.92. The highest BCUT2D eigenvalue weighted by molar-refractivity contribution is 7.09. The quantitative estimate of drug-likeness (QED) is 0.634. The van der Waals surface area contributed by atoms with Gasteiger partial charge in [0.05, 0.1) is 13.0 Å². The fraction of sp³-hybridized carbons (Fsp3) is 0.217. The van der Waals surface area contributed by atoms with Crippen molar-refractivity contribution in [1.82, 2.24) is 5.32 Å². The zero-order chi connectivity index (χ0) is 20.1. The normalized spacial score (nSPS) is 10.5. The molecule has 0 atom stereocenters. The van der Waals surface area contributed by atoms with E-state index < -0.39 is 0 Å². The summed E-state index contributed by atoms with van der Waals surface area (Å²) in [4.78, 5) is 25.9. The molecule has 0 aliphatic carbocycles. The fourth-order valence-corrected chi connectivity index (χ4v) is 3.93. The molecule has 0 aliphatic rings. The highest BCUT2D eigenvalue weighted by Gasteiger charge is 2.13. The molecule has 0 aliphatic heterocycles. The summed E-state index contributed by atoms with van der Waals surface area (Å²) in [5.74, 6) is -0.132. The number of anilines is 1. The molecule has 0 spiro atoms. The Balaban J connectivity index is 1.58. The van der Waals surface area contributed by atoms with E-state index in [9.17, 15) is 9.59 Å². The first kappa shape index (κ1) is 19.8. The molecule has 3 rings (SSSR count). The minimum Gasteiger partial charge on any atom is -0.351 e. The minimum absolute atomic E-state index is 0.0175. The molecule has 2 N–H and O–H groups in total. The topological polar surface area (TPSA) is 58.2 Å². The van der Waals surface area contributed by atoms with E-state index >= 15 is 0 Å². The summed E-state index contributed by atoms with van der Waals surface area (Å²) in [6.07, 6.45) is 0.315. The Morgan fingerprint density at radius 2 is 1.64 bits per heavy atom. The lowest BCUT2D eigenvalue weighted by Crippen LogP contribution is -2.24. The van der Waals surface area contributed by atoms with Crippen LogP contribution < -0.4 is 10.6 Å². The maximum atomic E-state index is 12.7. The zero-order valence-electron chi connectivity index (χ0n) is 16.3. The molecule has 5 heteroatoms. The molecule has 0 fully saturated rings. The van der Waals surface area contributed by atoms with E-state index in [1.807, 2.05) is 74.7 Å². The number of amides is 2. The second kappa shape index (κ2) is 8.85. The third-order valence-corrected chi connectivity index (χ3v) is 5.40. The summed E-state index contributed by atoms with van der Waals surface area (Å²) >= 11 is 1.62. The summed E-state index contributed by atoms with van der Waals surface area (Å²) < 4.78 is 0. The van der Waals surface area contributed by atoms with Gasteiger partial charge in [0, 0.05) is 16.1 Å². The largest absolute Gasteiger partial charge is 0.351 e. The van der Waals surface area contributed by atoms with Gasteiger partial charge in [0.15, 0.2) is 0 Å². The van der Waals surface area contributed by atoms with Crippen LogP contribution in [0.15, 0.2) is 53.9 Å². The van der Waals surface area contributed by atoms with E-state index in [0.717, 1.165) is 27.1 Å². The average molecular weight is 393 g/mol. The third kappa shape index (κ3) is 5.08. The lowest BCUT2D eigenvalue weighted by Gasteiger charge is -2.12. The molecule has 0 unspecified atom stereocenters. The monoisotopic (exact) mass is 392 g/mol. The molecule has 1 aromatic heterocycles. The number of rotatable bonds is 6. The van der Waals surface area contributed by atoms with Gasteiger partial charge >= 0.3 is 0 Å². The van der Waals surface area contributed by atoms with Gasteiger partial charge in [-0.2, -0.15) is 0 Å². The van der Waals surface area contributed by atoms with Crippen LogP contribution in [0.5, 0.6) is 0 Å². The standard InChI is InChI=1S/C23H24N2O2S/c1-15-11-16(2)22(17(3)12-15)23(27)25-19-8-6-18(7-9-19)13-21(26)24-14-20-5-4-10-28-20/h4-12H,13-14H2,1-3H3,(H,24,26)(H,25,27). The summed E-state index contributed by atoms with van der Waals surface area (Å²) in [6.45, 7) is 6.48. The first-order valence-corrected chi connectivity index (χ1v) is 10.1. The van der Waals surface area contributed by atoms with E-state index in [-0.39, 0.29) is 11.8 Å². The molecule has 4 nitrogen and oxygen atoms in total. The lowest BCUT2D eigenvalue weighted by atomic mass is 9.99. The molecule has 2 amide bonds.